The predicted molar refractivity (Wildman–Crippen MR) is 59.7 cm³/mol. The van der Waals surface area contributed by atoms with Crippen LogP contribution in [0.25, 0.3) is 0 Å². The van der Waals surface area contributed by atoms with Gasteiger partial charge in [0.25, 0.3) is 0 Å². The Hall–Kier alpha value is -0.820. The maximum atomic E-state index is 4.10. The van der Waals surface area contributed by atoms with Crippen molar-refractivity contribution in [2.45, 2.75) is 0 Å². The van der Waals surface area contributed by atoms with Gasteiger partial charge in [-0.3, -0.25) is 5.43 Å². The molecule has 0 saturated carbocycles. The van der Waals surface area contributed by atoms with Gasteiger partial charge in [-0.05, 0) is 34.7 Å². The molecular weight excluding hydrogens is 279 g/mol. The molecule has 0 aromatic heterocycles. The van der Waals surface area contributed by atoms with Crippen molar-refractivity contribution in [2.75, 3.05) is 7.05 Å². The lowest BCUT2D eigenvalue weighted by Gasteiger charge is -2.07. The van der Waals surface area contributed by atoms with Crippen LogP contribution in [0.3, 0.4) is 0 Å². The molecule has 0 fully saturated rings. The number of hydrazone groups is 1. The van der Waals surface area contributed by atoms with Gasteiger partial charge in [0.2, 0.25) is 0 Å². The average Bonchev–Trinajstić information content (AvgIpc) is 2.53. The van der Waals surface area contributed by atoms with Gasteiger partial charge in [0.15, 0.2) is 5.84 Å². The Kier molecular flexibility index (Phi) is 2.36. The topological polar surface area (TPSA) is 39.7 Å². The van der Waals surface area contributed by atoms with Gasteiger partial charge in [0.1, 0.15) is 0 Å². The van der Waals surface area contributed by atoms with Crippen molar-refractivity contribution in [1.29, 1.82) is 0 Å². The van der Waals surface area contributed by atoms with Crippen LogP contribution in [0, 0.1) is 3.57 Å². The smallest absolute Gasteiger partial charge is 0.170 e. The largest absolute Gasteiger partial charge is 0.282 e. The van der Waals surface area contributed by atoms with Crippen molar-refractivity contribution in [2.24, 2.45) is 5.10 Å². The fraction of sp³-hybridized carbons (Fsp3) is 0.125. The molecule has 1 heterocycles. The van der Waals surface area contributed by atoms with Crippen molar-refractivity contribution in [3.8, 4) is 0 Å². The second-order valence-corrected chi connectivity index (χ2v) is 3.98. The van der Waals surface area contributed by atoms with E-state index in [0.29, 0.717) is 0 Å². The maximum absolute atomic E-state index is 4.10. The van der Waals surface area contributed by atoms with Gasteiger partial charge in [-0.15, -0.1) is 10.2 Å². The molecule has 2 N–H and O–H groups in total. The van der Waals surface area contributed by atoms with E-state index < -0.39 is 0 Å². The van der Waals surface area contributed by atoms with Gasteiger partial charge in [-0.25, -0.2) is 5.53 Å². The molecule has 13 heavy (non-hydrogen) atoms. The molecule has 1 aromatic rings. The number of amidine groups is 1. The van der Waals surface area contributed by atoms with E-state index in [9.17, 15) is 0 Å². The molecule has 0 radical (unpaired) electrons. The van der Waals surface area contributed by atoms with Gasteiger partial charge in [-0.2, -0.15) is 0 Å². The average molecular weight is 288 g/mol. The molecule has 68 valence electrons. The summed E-state index contributed by atoms with van der Waals surface area (Å²) in [7, 11) is 1.86. The molecule has 0 atom stereocenters. The Morgan fingerprint density at radius 2 is 2.00 bits per heavy atom. The zero-order chi connectivity index (χ0) is 9.26. The highest BCUT2D eigenvalue weighted by atomic mass is 127. The number of benzene rings is 1. The summed E-state index contributed by atoms with van der Waals surface area (Å²) in [5.41, 5.74) is 6.93. The first-order valence-electron chi connectivity index (χ1n) is 3.85. The van der Waals surface area contributed by atoms with Gasteiger partial charge < -0.3 is 0 Å². The van der Waals surface area contributed by atoms with E-state index in [1.54, 1.807) is 5.12 Å². The number of hydrogen-bond acceptors (Lipinski definition) is 4. The van der Waals surface area contributed by atoms with Crippen molar-refractivity contribution < 1.29 is 0 Å². The SMILES string of the molecule is CN1NN=C(c2ccc(I)cc2)N1. The molecule has 5 heteroatoms. The van der Waals surface area contributed by atoms with Crippen LogP contribution in [0.2, 0.25) is 0 Å². The first-order valence-corrected chi connectivity index (χ1v) is 4.93. The Labute approximate surface area is 90.1 Å². The van der Waals surface area contributed by atoms with Crippen LogP contribution in [0.1, 0.15) is 5.56 Å². The predicted octanol–water partition coefficient (Wildman–Crippen LogP) is 0.907. The Balaban J connectivity index is 2.22. The molecule has 0 spiro atoms. The van der Waals surface area contributed by atoms with Crippen molar-refractivity contribution >= 4 is 28.4 Å². The molecular formula is C8H9IN4. The minimum atomic E-state index is 0.846. The summed E-state index contributed by atoms with van der Waals surface area (Å²) in [6, 6.07) is 8.18. The van der Waals surface area contributed by atoms with Crippen LogP contribution >= 0.6 is 22.6 Å². The molecule has 2 rings (SSSR count). The molecule has 0 aliphatic carbocycles. The lowest BCUT2D eigenvalue weighted by Crippen LogP contribution is -2.37. The molecule has 1 aliphatic heterocycles. The second kappa shape index (κ2) is 3.51. The van der Waals surface area contributed by atoms with E-state index in [1.165, 1.54) is 3.57 Å². The van der Waals surface area contributed by atoms with Crippen LogP contribution in [-0.2, 0) is 0 Å². The summed E-state index contributed by atoms with van der Waals surface area (Å²) in [4.78, 5) is 0. The lowest BCUT2D eigenvalue weighted by atomic mass is 10.2. The summed E-state index contributed by atoms with van der Waals surface area (Å²) in [6.45, 7) is 0. The number of halogens is 1. The molecule has 0 unspecified atom stereocenters. The van der Waals surface area contributed by atoms with Crippen molar-refractivity contribution in [1.82, 2.24) is 16.1 Å². The van der Waals surface area contributed by atoms with Gasteiger partial charge in [-0.1, -0.05) is 12.1 Å². The molecule has 1 aliphatic rings. The summed E-state index contributed by atoms with van der Waals surface area (Å²) >= 11 is 2.28. The third-order valence-electron chi connectivity index (χ3n) is 1.70. The molecule has 4 nitrogen and oxygen atoms in total. The van der Waals surface area contributed by atoms with Crippen LogP contribution in [0.5, 0.6) is 0 Å². The van der Waals surface area contributed by atoms with E-state index in [-0.39, 0.29) is 0 Å². The maximum Gasteiger partial charge on any atom is 0.170 e. The van der Waals surface area contributed by atoms with Crippen molar-refractivity contribution in [3.05, 3.63) is 33.4 Å². The Bertz CT molecular complexity index is 333. The van der Waals surface area contributed by atoms with Gasteiger partial charge in [0.05, 0.1) is 0 Å². The van der Waals surface area contributed by atoms with Crippen LogP contribution in [0.4, 0.5) is 0 Å². The number of hydrazine groups is 2. The van der Waals surface area contributed by atoms with Crippen LogP contribution < -0.4 is 11.0 Å². The number of hydrogen-bond donors (Lipinski definition) is 2. The van der Waals surface area contributed by atoms with E-state index in [0.717, 1.165) is 11.4 Å². The minimum Gasteiger partial charge on any atom is -0.282 e. The van der Waals surface area contributed by atoms with E-state index in [4.69, 9.17) is 0 Å². The van der Waals surface area contributed by atoms with E-state index in [2.05, 4.69) is 50.8 Å². The van der Waals surface area contributed by atoms with Gasteiger partial charge >= 0.3 is 0 Å². The summed E-state index contributed by atoms with van der Waals surface area (Å²) in [6.07, 6.45) is 0. The summed E-state index contributed by atoms with van der Waals surface area (Å²) < 4.78 is 1.22. The zero-order valence-electron chi connectivity index (χ0n) is 7.08. The highest BCUT2D eigenvalue weighted by Crippen LogP contribution is 2.07. The number of nitrogens with zero attached hydrogens (tertiary/aromatic N) is 2. The normalized spacial score (nSPS) is 16.3. The van der Waals surface area contributed by atoms with Gasteiger partial charge in [0, 0.05) is 16.2 Å². The van der Waals surface area contributed by atoms with Crippen molar-refractivity contribution in [3.63, 3.8) is 0 Å². The first-order chi connectivity index (χ1) is 6.25. The monoisotopic (exact) mass is 288 g/mol. The number of rotatable bonds is 1. The first kappa shape index (κ1) is 8.76. The summed E-state index contributed by atoms with van der Waals surface area (Å²) in [5, 5.41) is 5.80. The highest BCUT2D eigenvalue weighted by molar-refractivity contribution is 14.1. The quantitative estimate of drug-likeness (QED) is 0.755. The van der Waals surface area contributed by atoms with Crippen LogP contribution in [-0.4, -0.2) is 18.0 Å². The summed E-state index contributed by atoms with van der Waals surface area (Å²) in [5.74, 6) is 0.846. The number of nitrogens with one attached hydrogen (secondary N) is 2. The molecule has 1 aromatic carbocycles. The minimum absolute atomic E-state index is 0.846. The molecule has 0 amide bonds. The third kappa shape index (κ3) is 1.92. The van der Waals surface area contributed by atoms with E-state index >= 15 is 0 Å². The van der Waals surface area contributed by atoms with E-state index in [1.807, 2.05) is 19.2 Å². The van der Waals surface area contributed by atoms with Crippen LogP contribution in [0.15, 0.2) is 29.4 Å². The standard InChI is InChI=1S/C8H9IN4/c1-13-11-8(10-12-13)6-2-4-7(9)5-3-6/h2-5,12H,1H3,(H,10,11). The fourth-order valence-electron chi connectivity index (χ4n) is 1.07. The second-order valence-electron chi connectivity index (χ2n) is 2.74. The Morgan fingerprint density at radius 1 is 1.31 bits per heavy atom. The molecule has 0 bridgehead atoms. The fourth-order valence-corrected chi connectivity index (χ4v) is 1.43. The highest BCUT2D eigenvalue weighted by Gasteiger charge is 2.11. The Morgan fingerprint density at radius 3 is 2.54 bits per heavy atom. The zero-order valence-corrected chi connectivity index (χ0v) is 9.24. The lowest BCUT2D eigenvalue weighted by molar-refractivity contribution is 0.232. The molecule has 0 saturated heterocycles. The third-order valence-corrected chi connectivity index (χ3v) is 2.42.